The van der Waals surface area contributed by atoms with E-state index >= 15 is 0 Å². The van der Waals surface area contributed by atoms with Crippen molar-refractivity contribution in [3.05, 3.63) is 50.6 Å². The molecule has 1 unspecified atom stereocenters. The molecule has 0 bridgehead atoms. The van der Waals surface area contributed by atoms with Gasteiger partial charge in [-0.1, -0.05) is 22.0 Å². The number of rotatable bonds is 8. The van der Waals surface area contributed by atoms with Crippen LogP contribution in [0, 0.1) is 0 Å². The van der Waals surface area contributed by atoms with Gasteiger partial charge in [0.15, 0.2) is 6.54 Å². The summed E-state index contributed by atoms with van der Waals surface area (Å²) in [6.45, 7) is 1.87. The molecular formula is C17H22BrN2O2S+. The third-order valence-corrected chi connectivity index (χ3v) is 4.90. The first-order chi connectivity index (χ1) is 11.1. The van der Waals surface area contributed by atoms with E-state index in [-0.39, 0.29) is 5.91 Å². The Hall–Kier alpha value is -1.37. The number of carbonyl (C=O) groups is 1. The van der Waals surface area contributed by atoms with Crippen molar-refractivity contribution in [1.82, 2.24) is 5.32 Å². The molecule has 6 heteroatoms. The summed E-state index contributed by atoms with van der Waals surface area (Å²) in [4.78, 5) is 14.4. The molecule has 1 aromatic heterocycles. The maximum atomic E-state index is 12.0. The molecule has 0 aliphatic heterocycles. The summed E-state index contributed by atoms with van der Waals surface area (Å²) in [5.74, 6) is 0.929. The van der Waals surface area contributed by atoms with Gasteiger partial charge in [0.25, 0.3) is 5.91 Å². The smallest absolute Gasteiger partial charge is 0.275 e. The van der Waals surface area contributed by atoms with Gasteiger partial charge in [-0.05, 0) is 36.1 Å². The number of likely N-dealkylation sites (N-methyl/N-ethyl adjacent to an activating group) is 1. The molecule has 0 fully saturated rings. The molecule has 2 aromatic rings. The number of hydrogen-bond donors (Lipinski definition) is 2. The minimum atomic E-state index is 0.0769. The number of thiophene rings is 1. The standard InChI is InChI=1S/C17H21BrN2O2S/c1-20(11-13-10-14(18)5-6-16(13)22-2)12-17(21)19-8-7-15-4-3-9-23-15/h3-6,9-10H,7-8,11-12H2,1-2H3,(H,19,21)/p+1. The van der Waals surface area contributed by atoms with Gasteiger partial charge in [-0.15, -0.1) is 11.3 Å². The molecule has 124 valence electrons. The van der Waals surface area contributed by atoms with Crippen molar-refractivity contribution in [3.8, 4) is 5.75 Å². The lowest BCUT2D eigenvalue weighted by molar-refractivity contribution is -0.885. The monoisotopic (exact) mass is 397 g/mol. The van der Waals surface area contributed by atoms with Crippen molar-refractivity contribution >= 4 is 33.2 Å². The molecule has 1 aromatic carbocycles. The summed E-state index contributed by atoms with van der Waals surface area (Å²) in [6, 6.07) is 10.1. The van der Waals surface area contributed by atoms with Gasteiger partial charge < -0.3 is 15.0 Å². The Balaban J connectivity index is 1.78. The highest BCUT2D eigenvalue weighted by Crippen LogP contribution is 2.22. The summed E-state index contributed by atoms with van der Waals surface area (Å²) < 4.78 is 6.39. The number of nitrogens with one attached hydrogen (secondary N) is 2. The molecule has 0 aliphatic carbocycles. The predicted octanol–water partition coefficient (Wildman–Crippen LogP) is 1.89. The molecule has 0 saturated heterocycles. The Kier molecular flexibility index (Phi) is 7.08. The predicted molar refractivity (Wildman–Crippen MR) is 97.2 cm³/mol. The number of halogens is 1. The first-order valence-electron chi connectivity index (χ1n) is 7.51. The van der Waals surface area contributed by atoms with Crippen molar-refractivity contribution in [2.45, 2.75) is 13.0 Å². The number of amides is 1. The van der Waals surface area contributed by atoms with Crippen molar-refractivity contribution in [1.29, 1.82) is 0 Å². The zero-order valence-corrected chi connectivity index (χ0v) is 15.8. The van der Waals surface area contributed by atoms with Gasteiger partial charge in [-0.3, -0.25) is 4.79 Å². The fourth-order valence-corrected chi connectivity index (χ4v) is 3.51. The molecule has 23 heavy (non-hydrogen) atoms. The maximum absolute atomic E-state index is 12.0. The SMILES string of the molecule is COc1ccc(Br)cc1C[NH+](C)CC(=O)NCCc1cccs1. The van der Waals surface area contributed by atoms with Crippen LogP contribution in [0.3, 0.4) is 0 Å². The lowest BCUT2D eigenvalue weighted by Crippen LogP contribution is -3.08. The van der Waals surface area contributed by atoms with Crippen LogP contribution < -0.4 is 15.0 Å². The number of quaternary nitrogens is 1. The quantitative estimate of drug-likeness (QED) is 0.714. The molecule has 0 spiro atoms. The lowest BCUT2D eigenvalue weighted by atomic mass is 10.2. The van der Waals surface area contributed by atoms with Crippen molar-refractivity contribution in [3.63, 3.8) is 0 Å². The van der Waals surface area contributed by atoms with Crippen LogP contribution in [-0.2, 0) is 17.8 Å². The number of methoxy groups -OCH3 is 1. The van der Waals surface area contributed by atoms with Gasteiger partial charge >= 0.3 is 0 Å². The Morgan fingerprint density at radius 1 is 1.39 bits per heavy atom. The van der Waals surface area contributed by atoms with Crippen LogP contribution in [0.25, 0.3) is 0 Å². The lowest BCUT2D eigenvalue weighted by Gasteiger charge is -2.16. The summed E-state index contributed by atoms with van der Waals surface area (Å²) in [7, 11) is 3.68. The van der Waals surface area contributed by atoms with E-state index in [4.69, 9.17) is 4.74 Å². The molecule has 1 heterocycles. The summed E-state index contributed by atoms with van der Waals surface area (Å²) in [5, 5.41) is 5.04. The second-order valence-electron chi connectivity index (χ2n) is 5.45. The molecule has 2 rings (SSSR count). The molecule has 1 amide bonds. The zero-order valence-electron chi connectivity index (χ0n) is 13.4. The van der Waals surface area contributed by atoms with Gasteiger partial charge in [0, 0.05) is 21.5 Å². The minimum Gasteiger partial charge on any atom is -0.496 e. The zero-order chi connectivity index (χ0) is 16.7. The Morgan fingerprint density at radius 3 is 2.91 bits per heavy atom. The normalized spacial score (nSPS) is 12.0. The number of hydrogen-bond acceptors (Lipinski definition) is 3. The van der Waals surface area contributed by atoms with E-state index in [0.717, 1.165) is 33.7 Å². The van der Waals surface area contributed by atoms with Crippen LogP contribution in [0.4, 0.5) is 0 Å². The Morgan fingerprint density at radius 2 is 2.22 bits per heavy atom. The third-order valence-electron chi connectivity index (χ3n) is 3.47. The first-order valence-corrected chi connectivity index (χ1v) is 9.18. The van der Waals surface area contributed by atoms with Gasteiger partial charge in [0.2, 0.25) is 0 Å². The molecule has 2 N–H and O–H groups in total. The highest BCUT2D eigenvalue weighted by molar-refractivity contribution is 9.10. The maximum Gasteiger partial charge on any atom is 0.275 e. The fourth-order valence-electron chi connectivity index (χ4n) is 2.39. The van der Waals surface area contributed by atoms with Crippen LogP contribution in [-0.4, -0.2) is 33.2 Å². The fraction of sp³-hybridized carbons (Fsp3) is 0.353. The van der Waals surface area contributed by atoms with Crippen molar-refractivity contribution in [2.75, 3.05) is 27.2 Å². The number of ether oxygens (including phenoxy) is 1. The van der Waals surface area contributed by atoms with E-state index < -0.39 is 0 Å². The minimum absolute atomic E-state index is 0.0769. The number of carbonyl (C=O) groups excluding carboxylic acids is 1. The molecule has 4 nitrogen and oxygen atoms in total. The molecule has 0 saturated carbocycles. The van der Waals surface area contributed by atoms with Crippen molar-refractivity contribution in [2.24, 2.45) is 0 Å². The van der Waals surface area contributed by atoms with E-state index in [1.54, 1.807) is 18.4 Å². The molecule has 1 atom stereocenters. The summed E-state index contributed by atoms with van der Waals surface area (Å²) >= 11 is 5.20. The van der Waals surface area contributed by atoms with Crippen LogP contribution >= 0.6 is 27.3 Å². The van der Waals surface area contributed by atoms with E-state index in [1.807, 2.05) is 31.3 Å². The van der Waals surface area contributed by atoms with Crippen LogP contribution in [0.15, 0.2) is 40.2 Å². The Labute approximate surface area is 149 Å². The second kappa shape index (κ2) is 9.05. The van der Waals surface area contributed by atoms with E-state index in [1.165, 1.54) is 4.88 Å². The average Bonchev–Trinajstić information content (AvgIpc) is 3.00. The molecule has 0 radical (unpaired) electrons. The van der Waals surface area contributed by atoms with Gasteiger partial charge in [0.1, 0.15) is 12.3 Å². The van der Waals surface area contributed by atoms with Gasteiger partial charge in [-0.2, -0.15) is 0 Å². The Bertz CT molecular complexity index is 632. The second-order valence-corrected chi connectivity index (χ2v) is 7.39. The average molecular weight is 398 g/mol. The van der Waals surface area contributed by atoms with Gasteiger partial charge in [-0.25, -0.2) is 0 Å². The van der Waals surface area contributed by atoms with E-state index in [0.29, 0.717) is 13.1 Å². The topological polar surface area (TPSA) is 42.8 Å². The third kappa shape index (κ3) is 5.97. The molecular weight excluding hydrogens is 376 g/mol. The van der Waals surface area contributed by atoms with Crippen LogP contribution in [0.1, 0.15) is 10.4 Å². The first kappa shape index (κ1) is 18.0. The highest BCUT2D eigenvalue weighted by atomic mass is 79.9. The van der Waals surface area contributed by atoms with E-state index in [2.05, 4.69) is 32.7 Å². The van der Waals surface area contributed by atoms with Gasteiger partial charge in [0.05, 0.1) is 14.2 Å². The van der Waals surface area contributed by atoms with Crippen molar-refractivity contribution < 1.29 is 14.4 Å². The summed E-state index contributed by atoms with van der Waals surface area (Å²) in [5.41, 5.74) is 1.09. The van der Waals surface area contributed by atoms with Crippen LogP contribution in [0.2, 0.25) is 0 Å². The highest BCUT2D eigenvalue weighted by Gasteiger charge is 2.13. The van der Waals surface area contributed by atoms with Crippen LogP contribution in [0.5, 0.6) is 5.75 Å². The van der Waals surface area contributed by atoms with E-state index in [9.17, 15) is 4.79 Å². The summed E-state index contributed by atoms with van der Waals surface area (Å²) in [6.07, 6.45) is 0.891. The largest absolute Gasteiger partial charge is 0.496 e. The number of benzene rings is 1. The molecule has 0 aliphatic rings.